The molecule has 2 aromatic rings. The molecule has 0 unspecified atom stereocenters. The fraction of sp³-hybridized carbons (Fsp3) is 0.474. The van der Waals surface area contributed by atoms with Gasteiger partial charge < -0.3 is 9.64 Å². The molecule has 0 aliphatic rings. The smallest absolute Gasteiger partial charge is 0.421 e. The summed E-state index contributed by atoms with van der Waals surface area (Å²) >= 11 is 0. The van der Waals surface area contributed by atoms with Crippen LogP contribution in [0.15, 0.2) is 30.5 Å². The van der Waals surface area contributed by atoms with Crippen LogP contribution in [0.25, 0.3) is 0 Å². The third-order valence-corrected chi connectivity index (χ3v) is 3.69. The lowest BCUT2D eigenvalue weighted by Gasteiger charge is -2.25. The highest BCUT2D eigenvalue weighted by molar-refractivity contribution is 5.66. The van der Waals surface area contributed by atoms with Crippen LogP contribution in [-0.4, -0.2) is 23.1 Å². The minimum Gasteiger partial charge on any atom is -0.461 e. The Hall–Kier alpha value is -2.31. The first-order chi connectivity index (χ1) is 12.1. The molecular weight excluding hydrogens is 343 g/mol. The van der Waals surface area contributed by atoms with E-state index in [4.69, 9.17) is 4.74 Å². The first-order valence-electron chi connectivity index (χ1n) is 8.52. The van der Waals surface area contributed by atoms with Crippen LogP contribution in [0.3, 0.4) is 0 Å². The molecule has 1 aromatic carbocycles. The minimum atomic E-state index is -4.56. The van der Waals surface area contributed by atoms with Crippen LogP contribution in [-0.2, 0) is 12.6 Å². The maximum atomic E-state index is 13.5. The number of ether oxygens (including phenoxy) is 1. The topological polar surface area (TPSA) is 38.2 Å². The molecule has 0 saturated carbocycles. The molecule has 0 bridgehead atoms. The predicted octanol–water partition coefficient (Wildman–Crippen LogP) is 5.25. The van der Waals surface area contributed by atoms with Crippen molar-refractivity contribution < 1.29 is 17.9 Å². The summed E-state index contributed by atoms with van der Waals surface area (Å²) in [5.74, 6) is 0.149. The monoisotopic (exact) mass is 367 g/mol. The Morgan fingerprint density at radius 3 is 2.35 bits per heavy atom. The molecule has 0 aliphatic heterocycles. The van der Waals surface area contributed by atoms with Crippen molar-refractivity contribution in [1.82, 2.24) is 9.97 Å². The molecule has 0 saturated heterocycles. The minimum absolute atomic E-state index is 0.0730. The van der Waals surface area contributed by atoms with E-state index < -0.39 is 11.7 Å². The summed E-state index contributed by atoms with van der Waals surface area (Å²) in [7, 11) is 1.58. The number of anilines is 2. The van der Waals surface area contributed by atoms with Gasteiger partial charge >= 0.3 is 12.2 Å². The number of benzene rings is 1. The second-order valence-corrected chi connectivity index (χ2v) is 6.84. The number of para-hydroxylation sites is 1. The molecule has 0 spiro atoms. The lowest BCUT2D eigenvalue weighted by atomic mass is 10.0. The molecule has 0 amide bonds. The summed E-state index contributed by atoms with van der Waals surface area (Å²) in [6.45, 7) is 7.67. The van der Waals surface area contributed by atoms with Crippen molar-refractivity contribution in [2.75, 3.05) is 11.9 Å². The second kappa shape index (κ2) is 7.93. The molecule has 1 heterocycles. The Bertz CT molecular complexity index is 745. The van der Waals surface area contributed by atoms with Crippen LogP contribution < -0.4 is 9.64 Å². The molecule has 0 atom stereocenters. The van der Waals surface area contributed by atoms with E-state index in [0.29, 0.717) is 11.6 Å². The molecule has 0 fully saturated rings. The van der Waals surface area contributed by atoms with Crippen LogP contribution in [0.2, 0.25) is 0 Å². The summed E-state index contributed by atoms with van der Waals surface area (Å²) in [4.78, 5) is 9.22. The Kier molecular flexibility index (Phi) is 6.10. The number of hydrogen-bond acceptors (Lipinski definition) is 4. The maximum absolute atomic E-state index is 13.5. The lowest BCUT2D eigenvalue weighted by molar-refractivity contribution is -0.137. The Labute approximate surface area is 152 Å². The average Bonchev–Trinajstić information content (AvgIpc) is 2.52. The zero-order chi connectivity index (χ0) is 19.5. The van der Waals surface area contributed by atoms with Crippen molar-refractivity contribution in [3.05, 3.63) is 41.6 Å². The highest BCUT2D eigenvalue weighted by Gasteiger charge is 2.37. The van der Waals surface area contributed by atoms with Gasteiger partial charge in [0.2, 0.25) is 0 Å². The second-order valence-electron chi connectivity index (χ2n) is 6.84. The van der Waals surface area contributed by atoms with Crippen molar-refractivity contribution in [3.8, 4) is 6.01 Å². The number of hydrogen-bond donors (Lipinski definition) is 0. The lowest BCUT2D eigenvalue weighted by Crippen LogP contribution is -2.21. The van der Waals surface area contributed by atoms with Crippen molar-refractivity contribution in [2.45, 2.75) is 46.4 Å². The van der Waals surface area contributed by atoms with Gasteiger partial charge in [0, 0.05) is 18.9 Å². The number of nitrogens with zero attached hydrogens (tertiary/aromatic N) is 3. The summed E-state index contributed by atoms with van der Waals surface area (Å²) in [5, 5.41) is 0. The Morgan fingerprint density at radius 1 is 1.12 bits per heavy atom. The zero-order valence-electron chi connectivity index (χ0n) is 15.6. The molecule has 0 aliphatic carbocycles. The van der Waals surface area contributed by atoms with Crippen molar-refractivity contribution >= 4 is 11.5 Å². The summed E-state index contributed by atoms with van der Waals surface area (Å²) in [6.07, 6.45) is -3.27. The van der Waals surface area contributed by atoms with Gasteiger partial charge in [-0.3, -0.25) is 0 Å². The van der Waals surface area contributed by atoms with Gasteiger partial charge in [0.25, 0.3) is 0 Å². The maximum Gasteiger partial charge on any atom is 0.421 e. The summed E-state index contributed by atoms with van der Waals surface area (Å²) < 4.78 is 45.8. The molecule has 2 rings (SSSR count). The van der Waals surface area contributed by atoms with Gasteiger partial charge in [0.15, 0.2) is 5.82 Å². The first-order valence-corrected chi connectivity index (χ1v) is 8.52. The van der Waals surface area contributed by atoms with Gasteiger partial charge in [-0.15, -0.1) is 0 Å². The van der Waals surface area contributed by atoms with Crippen molar-refractivity contribution in [2.24, 2.45) is 5.92 Å². The fourth-order valence-electron chi connectivity index (χ4n) is 2.65. The van der Waals surface area contributed by atoms with Crippen molar-refractivity contribution in [1.29, 1.82) is 0 Å². The van der Waals surface area contributed by atoms with Gasteiger partial charge in [0.1, 0.15) is 5.56 Å². The van der Waals surface area contributed by atoms with Crippen LogP contribution in [0.5, 0.6) is 6.01 Å². The highest BCUT2D eigenvalue weighted by Crippen LogP contribution is 2.38. The van der Waals surface area contributed by atoms with E-state index in [9.17, 15) is 13.2 Å². The third kappa shape index (κ3) is 4.86. The number of rotatable bonds is 6. The Morgan fingerprint density at radius 2 is 1.77 bits per heavy atom. The van der Waals surface area contributed by atoms with Crippen LogP contribution in [0, 0.1) is 5.92 Å². The van der Waals surface area contributed by atoms with Crippen LogP contribution >= 0.6 is 0 Å². The third-order valence-electron chi connectivity index (χ3n) is 3.69. The first kappa shape index (κ1) is 20.0. The van der Waals surface area contributed by atoms with E-state index in [1.54, 1.807) is 33.0 Å². The fourth-order valence-corrected chi connectivity index (χ4v) is 2.65. The van der Waals surface area contributed by atoms with Crippen LogP contribution in [0.4, 0.5) is 24.7 Å². The molecule has 1 aromatic heterocycles. The molecule has 26 heavy (non-hydrogen) atoms. The van der Waals surface area contributed by atoms with Gasteiger partial charge in [-0.2, -0.15) is 18.2 Å². The molecule has 7 heteroatoms. The highest BCUT2D eigenvalue weighted by atomic mass is 19.4. The van der Waals surface area contributed by atoms with Gasteiger partial charge in [-0.25, -0.2) is 4.98 Å². The molecule has 4 nitrogen and oxygen atoms in total. The number of aromatic nitrogens is 2. The number of alkyl halides is 3. The SMILES string of the molecule is CC(C)Cc1ccccc1N(C)c1nc(OC(C)C)ncc1C(F)(F)F. The molecule has 0 N–H and O–H groups in total. The average molecular weight is 367 g/mol. The molecule has 142 valence electrons. The van der Waals surface area contributed by atoms with Crippen LogP contribution in [0.1, 0.15) is 38.8 Å². The number of halogens is 3. The largest absolute Gasteiger partial charge is 0.461 e. The van der Waals surface area contributed by atoms with E-state index in [0.717, 1.165) is 18.2 Å². The predicted molar refractivity (Wildman–Crippen MR) is 95.8 cm³/mol. The van der Waals surface area contributed by atoms with E-state index >= 15 is 0 Å². The van der Waals surface area contributed by atoms with Gasteiger partial charge in [-0.1, -0.05) is 32.0 Å². The van der Waals surface area contributed by atoms with E-state index in [1.165, 1.54) is 4.90 Å². The zero-order valence-corrected chi connectivity index (χ0v) is 15.6. The van der Waals surface area contributed by atoms with E-state index in [1.807, 2.05) is 12.1 Å². The quantitative estimate of drug-likeness (QED) is 0.699. The standard InChI is InChI=1S/C19H24F3N3O/c1-12(2)10-14-8-6-7-9-16(14)25(5)17-15(19(20,21)22)11-23-18(24-17)26-13(3)4/h6-9,11-13H,10H2,1-5H3. The molecular formula is C19H24F3N3O. The van der Waals surface area contributed by atoms with Crippen molar-refractivity contribution in [3.63, 3.8) is 0 Å². The summed E-state index contributed by atoms with van der Waals surface area (Å²) in [6, 6.07) is 7.33. The molecule has 0 radical (unpaired) electrons. The van der Waals surface area contributed by atoms with Gasteiger partial charge in [-0.05, 0) is 37.8 Å². The Balaban J connectivity index is 2.54. The normalized spacial score (nSPS) is 11.9. The van der Waals surface area contributed by atoms with E-state index in [2.05, 4.69) is 23.8 Å². The van der Waals surface area contributed by atoms with Gasteiger partial charge in [0.05, 0.1) is 6.10 Å². The summed E-state index contributed by atoms with van der Waals surface area (Å²) in [5.41, 5.74) is 0.749. The van der Waals surface area contributed by atoms with E-state index in [-0.39, 0.29) is 17.9 Å².